The van der Waals surface area contributed by atoms with E-state index in [1.807, 2.05) is 30.3 Å². The molecular formula is C18H18N4. The second-order valence-corrected chi connectivity index (χ2v) is 5.66. The van der Waals surface area contributed by atoms with E-state index < -0.39 is 0 Å². The molecule has 0 amide bonds. The molecule has 0 aliphatic carbocycles. The Morgan fingerprint density at radius 3 is 2.45 bits per heavy atom. The lowest BCUT2D eigenvalue weighted by Crippen LogP contribution is -2.31. The minimum atomic E-state index is 0.725. The maximum absolute atomic E-state index is 4.85. The van der Waals surface area contributed by atoms with Crippen LogP contribution in [0.2, 0.25) is 0 Å². The van der Waals surface area contributed by atoms with Crippen molar-refractivity contribution < 1.29 is 0 Å². The molecule has 0 atom stereocenters. The fourth-order valence-electron chi connectivity index (χ4n) is 3.00. The van der Waals surface area contributed by atoms with Gasteiger partial charge in [0, 0.05) is 24.8 Å². The monoisotopic (exact) mass is 290 g/mol. The number of fused-ring (bicyclic) bond motifs is 1. The van der Waals surface area contributed by atoms with Crippen molar-refractivity contribution in [3.63, 3.8) is 0 Å². The molecule has 4 heteroatoms. The third-order valence-electron chi connectivity index (χ3n) is 4.12. The van der Waals surface area contributed by atoms with Crippen LogP contribution in [-0.4, -0.2) is 28.0 Å². The molecule has 1 aromatic carbocycles. The summed E-state index contributed by atoms with van der Waals surface area (Å²) in [7, 11) is 0. The van der Waals surface area contributed by atoms with E-state index in [0.29, 0.717) is 0 Å². The van der Waals surface area contributed by atoms with E-state index >= 15 is 0 Å². The molecule has 3 aromatic rings. The molecule has 4 nitrogen and oxygen atoms in total. The van der Waals surface area contributed by atoms with Crippen LogP contribution in [0.15, 0.2) is 48.7 Å². The molecule has 1 saturated heterocycles. The first-order valence-electron chi connectivity index (χ1n) is 7.85. The quantitative estimate of drug-likeness (QED) is 0.722. The maximum atomic E-state index is 4.85. The van der Waals surface area contributed by atoms with Crippen LogP contribution in [0.5, 0.6) is 0 Å². The molecule has 22 heavy (non-hydrogen) atoms. The Hall–Kier alpha value is -2.49. The van der Waals surface area contributed by atoms with Crippen LogP contribution in [0, 0.1) is 0 Å². The van der Waals surface area contributed by atoms with E-state index in [1.54, 1.807) is 6.20 Å². The summed E-state index contributed by atoms with van der Waals surface area (Å²) in [5.41, 5.74) is 3.65. The van der Waals surface area contributed by atoms with E-state index in [-0.39, 0.29) is 0 Å². The van der Waals surface area contributed by atoms with Gasteiger partial charge in [-0.15, -0.1) is 0 Å². The van der Waals surface area contributed by atoms with Crippen molar-refractivity contribution in [3.05, 3.63) is 48.7 Å². The minimum absolute atomic E-state index is 0.725. The number of rotatable bonds is 2. The lowest BCUT2D eigenvalue weighted by Gasteiger charge is -2.29. The SMILES string of the molecule is c1ccc(-c2nc3cccnc3nc2N2CCCCC2)cc1. The highest BCUT2D eigenvalue weighted by molar-refractivity contribution is 5.81. The second-order valence-electron chi connectivity index (χ2n) is 5.66. The molecule has 0 spiro atoms. The summed E-state index contributed by atoms with van der Waals surface area (Å²) in [5.74, 6) is 0.970. The van der Waals surface area contributed by atoms with Crippen LogP contribution in [0.25, 0.3) is 22.4 Å². The Kier molecular flexibility index (Phi) is 3.43. The van der Waals surface area contributed by atoms with Crippen LogP contribution in [0.1, 0.15) is 19.3 Å². The van der Waals surface area contributed by atoms with E-state index in [2.05, 4.69) is 22.0 Å². The normalized spacial score (nSPS) is 15.2. The summed E-state index contributed by atoms with van der Waals surface area (Å²) in [4.78, 5) is 16.4. The first-order valence-corrected chi connectivity index (χ1v) is 7.85. The topological polar surface area (TPSA) is 41.9 Å². The summed E-state index contributed by atoms with van der Waals surface area (Å²) in [6.07, 6.45) is 5.52. The summed E-state index contributed by atoms with van der Waals surface area (Å²) < 4.78 is 0. The number of nitrogens with zero attached hydrogens (tertiary/aromatic N) is 4. The molecular weight excluding hydrogens is 272 g/mol. The Morgan fingerprint density at radius 2 is 1.64 bits per heavy atom. The van der Waals surface area contributed by atoms with Gasteiger partial charge in [0.2, 0.25) is 0 Å². The summed E-state index contributed by atoms with van der Waals surface area (Å²) >= 11 is 0. The van der Waals surface area contributed by atoms with Crippen molar-refractivity contribution in [1.82, 2.24) is 15.0 Å². The Labute approximate surface area is 129 Å². The van der Waals surface area contributed by atoms with Crippen molar-refractivity contribution in [2.24, 2.45) is 0 Å². The van der Waals surface area contributed by atoms with Gasteiger partial charge in [-0.1, -0.05) is 30.3 Å². The molecule has 3 heterocycles. The minimum Gasteiger partial charge on any atom is -0.355 e. The standard InChI is InChI=1S/C18H18N4/c1-3-8-14(9-4-1)16-18(22-12-5-2-6-13-22)21-17-15(20-16)10-7-11-19-17/h1,3-4,7-11H,2,5-6,12-13H2. The van der Waals surface area contributed by atoms with Crippen LogP contribution in [0.3, 0.4) is 0 Å². The van der Waals surface area contributed by atoms with Crippen LogP contribution < -0.4 is 4.90 Å². The predicted molar refractivity (Wildman–Crippen MR) is 88.8 cm³/mol. The van der Waals surface area contributed by atoms with Crippen molar-refractivity contribution in [2.45, 2.75) is 19.3 Å². The fraction of sp³-hybridized carbons (Fsp3) is 0.278. The zero-order chi connectivity index (χ0) is 14.8. The molecule has 1 fully saturated rings. The number of benzene rings is 1. The molecule has 0 saturated carbocycles. The maximum Gasteiger partial charge on any atom is 0.180 e. The van der Waals surface area contributed by atoms with Gasteiger partial charge < -0.3 is 4.90 Å². The van der Waals surface area contributed by atoms with Gasteiger partial charge in [-0.2, -0.15) is 0 Å². The Bertz CT molecular complexity index is 779. The zero-order valence-corrected chi connectivity index (χ0v) is 12.4. The predicted octanol–water partition coefficient (Wildman–Crippen LogP) is 3.68. The number of pyridine rings is 1. The lowest BCUT2D eigenvalue weighted by atomic mass is 10.1. The molecule has 2 aromatic heterocycles. The zero-order valence-electron chi connectivity index (χ0n) is 12.4. The van der Waals surface area contributed by atoms with Crippen LogP contribution >= 0.6 is 0 Å². The highest BCUT2D eigenvalue weighted by atomic mass is 15.2. The molecule has 1 aliphatic heterocycles. The molecule has 1 aliphatic rings. The third kappa shape index (κ3) is 2.41. The highest BCUT2D eigenvalue weighted by Gasteiger charge is 2.19. The Morgan fingerprint density at radius 1 is 0.818 bits per heavy atom. The van der Waals surface area contributed by atoms with Gasteiger partial charge in [0.15, 0.2) is 11.5 Å². The van der Waals surface area contributed by atoms with Gasteiger partial charge in [0.05, 0.1) is 0 Å². The van der Waals surface area contributed by atoms with Gasteiger partial charge in [-0.05, 0) is 31.4 Å². The summed E-state index contributed by atoms with van der Waals surface area (Å²) in [6.45, 7) is 2.10. The average molecular weight is 290 g/mol. The van der Waals surface area contributed by atoms with Crippen molar-refractivity contribution in [1.29, 1.82) is 0 Å². The van der Waals surface area contributed by atoms with E-state index in [9.17, 15) is 0 Å². The first-order chi connectivity index (χ1) is 10.9. The number of hydrogen-bond acceptors (Lipinski definition) is 4. The fourth-order valence-corrected chi connectivity index (χ4v) is 3.00. The van der Waals surface area contributed by atoms with E-state index in [0.717, 1.165) is 41.3 Å². The lowest BCUT2D eigenvalue weighted by molar-refractivity contribution is 0.574. The van der Waals surface area contributed by atoms with E-state index in [1.165, 1.54) is 19.3 Å². The molecule has 0 radical (unpaired) electrons. The van der Waals surface area contributed by atoms with Gasteiger partial charge >= 0.3 is 0 Å². The second kappa shape index (κ2) is 5.72. The molecule has 110 valence electrons. The number of aromatic nitrogens is 3. The summed E-state index contributed by atoms with van der Waals surface area (Å²) in [6, 6.07) is 14.2. The average Bonchev–Trinajstić information content (AvgIpc) is 2.62. The first kappa shape index (κ1) is 13.2. The van der Waals surface area contributed by atoms with E-state index in [4.69, 9.17) is 9.97 Å². The van der Waals surface area contributed by atoms with Gasteiger partial charge in [-0.3, -0.25) is 0 Å². The number of piperidine rings is 1. The van der Waals surface area contributed by atoms with Gasteiger partial charge in [0.1, 0.15) is 11.2 Å². The molecule has 0 unspecified atom stereocenters. The van der Waals surface area contributed by atoms with Gasteiger partial charge in [-0.25, -0.2) is 15.0 Å². The largest absolute Gasteiger partial charge is 0.355 e. The number of hydrogen-bond donors (Lipinski definition) is 0. The van der Waals surface area contributed by atoms with Gasteiger partial charge in [0.25, 0.3) is 0 Å². The van der Waals surface area contributed by atoms with Crippen molar-refractivity contribution in [3.8, 4) is 11.3 Å². The molecule has 0 N–H and O–H groups in total. The van der Waals surface area contributed by atoms with Crippen LogP contribution in [0.4, 0.5) is 5.82 Å². The Balaban J connectivity index is 1.91. The molecule has 0 bridgehead atoms. The molecule has 4 rings (SSSR count). The van der Waals surface area contributed by atoms with Crippen LogP contribution in [-0.2, 0) is 0 Å². The smallest absolute Gasteiger partial charge is 0.180 e. The number of anilines is 1. The van der Waals surface area contributed by atoms with Crippen molar-refractivity contribution in [2.75, 3.05) is 18.0 Å². The highest BCUT2D eigenvalue weighted by Crippen LogP contribution is 2.30. The van der Waals surface area contributed by atoms with Crippen molar-refractivity contribution >= 4 is 17.0 Å². The summed E-state index contributed by atoms with van der Waals surface area (Å²) in [5, 5.41) is 0. The third-order valence-corrected chi connectivity index (χ3v) is 4.12.